The van der Waals surface area contributed by atoms with Crippen molar-refractivity contribution in [2.75, 3.05) is 13.0 Å². The first-order chi connectivity index (χ1) is 11.2. The average Bonchev–Trinajstić information content (AvgIpc) is 3.02. The van der Waals surface area contributed by atoms with Gasteiger partial charge in [0.2, 0.25) is 0 Å². The van der Waals surface area contributed by atoms with Gasteiger partial charge < -0.3 is 35.2 Å². The Labute approximate surface area is 136 Å². The molecular formula is C12H16N3O8P. The van der Waals surface area contributed by atoms with Crippen LogP contribution in [0.25, 0.3) is 0 Å². The summed E-state index contributed by atoms with van der Waals surface area (Å²) in [5, 5.41) is 20.1. The Hall–Kier alpha value is -1.77. The van der Waals surface area contributed by atoms with Crippen molar-refractivity contribution in [3.05, 3.63) is 17.7 Å². The van der Waals surface area contributed by atoms with Crippen molar-refractivity contribution < 1.29 is 38.8 Å². The molecule has 0 spiro atoms. The van der Waals surface area contributed by atoms with Crippen molar-refractivity contribution in [3.8, 4) is 12.3 Å². The molecule has 12 heteroatoms. The molecule has 0 radical (unpaired) electrons. The molecule has 1 aliphatic heterocycles. The summed E-state index contributed by atoms with van der Waals surface area (Å²) in [6.07, 6.45) is 0.515. The predicted molar refractivity (Wildman–Crippen MR) is 77.5 cm³/mol. The van der Waals surface area contributed by atoms with Gasteiger partial charge in [0.05, 0.1) is 12.9 Å². The van der Waals surface area contributed by atoms with E-state index in [9.17, 15) is 19.6 Å². The highest BCUT2D eigenvalue weighted by molar-refractivity contribution is 7.51. The van der Waals surface area contributed by atoms with E-state index in [0.717, 1.165) is 10.9 Å². The van der Waals surface area contributed by atoms with E-state index in [0.29, 0.717) is 0 Å². The van der Waals surface area contributed by atoms with Crippen molar-refractivity contribution in [1.29, 1.82) is 0 Å². The summed E-state index contributed by atoms with van der Waals surface area (Å²) < 4.78 is 22.1. The minimum atomic E-state index is -4.37. The van der Waals surface area contributed by atoms with Crippen LogP contribution in [0.2, 0.25) is 0 Å². The molecule has 11 nitrogen and oxygen atoms in total. The number of amides is 1. The summed E-state index contributed by atoms with van der Waals surface area (Å²) in [4.78, 5) is 32.4. The number of ether oxygens (including phenoxy) is 2. The lowest BCUT2D eigenvalue weighted by Crippen LogP contribution is -2.34. The second-order valence-corrected chi connectivity index (χ2v) is 6.66. The standard InChI is InChI=1S/C12H16N3O8P/c1-2-6-8(11(13)18)14-4-15(6)12-10(17)9(16)7(23-12)3-22-5-24(19,20)21/h1,4,7,9-10,12,16-17H,3,5H2,(H2,13,18)(H2,19,20,21)/t7-,9+,10?,12-/m1/s1. The number of carbonyl (C=O) groups excluding carboxylic acids is 1. The van der Waals surface area contributed by atoms with E-state index in [1.165, 1.54) is 0 Å². The number of hydrogen-bond acceptors (Lipinski definition) is 7. The summed E-state index contributed by atoms with van der Waals surface area (Å²) in [7, 11) is -4.37. The molecule has 1 saturated heterocycles. The van der Waals surface area contributed by atoms with Gasteiger partial charge in [0.1, 0.15) is 30.4 Å². The Morgan fingerprint density at radius 1 is 1.50 bits per heavy atom. The highest BCUT2D eigenvalue weighted by Gasteiger charge is 2.44. The number of aromatic nitrogens is 2. The van der Waals surface area contributed by atoms with Gasteiger partial charge in [0.15, 0.2) is 11.9 Å². The van der Waals surface area contributed by atoms with Gasteiger partial charge >= 0.3 is 7.60 Å². The highest BCUT2D eigenvalue weighted by Crippen LogP contribution is 2.35. The summed E-state index contributed by atoms with van der Waals surface area (Å²) in [6.45, 7) is -0.372. The van der Waals surface area contributed by atoms with Crippen LogP contribution < -0.4 is 5.73 Å². The smallest absolute Gasteiger partial charge is 0.350 e. The van der Waals surface area contributed by atoms with Crippen LogP contribution in [0, 0.1) is 12.3 Å². The number of imidazole rings is 1. The molecule has 1 amide bonds. The Balaban J connectivity index is 2.14. The van der Waals surface area contributed by atoms with Gasteiger partial charge in [-0.1, -0.05) is 0 Å². The van der Waals surface area contributed by atoms with Crippen molar-refractivity contribution in [2.45, 2.75) is 24.5 Å². The molecule has 0 aliphatic carbocycles. The second-order valence-electron chi connectivity index (χ2n) is 5.07. The maximum Gasteiger partial charge on any atom is 0.350 e. The number of hydrogen-bond donors (Lipinski definition) is 5. The number of nitrogens with two attached hydrogens (primary N) is 1. The van der Waals surface area contributed by atoms with Crippen LogP contribution in [0.15, 0.2) is 6.33 Å². The van der Waals surface area contributed by atoms with E-state index < -0.39 is 44.4 Å². The molecule has 6 N–H and O–H groups in total. The van der Waals surface area contributed by atoms with Crippen LogP contribution in [0.4, 0.5) is 0 Å². The molecule has 2 rings (SSSR count). The first-order valence-electron chi connectivity index (χ1n) is 6.63. The Morgan fingerprint density at radius 3 is 2.71 bits per heavy atom. The molecular weight excluding hydrogens is 345 g/mol. The molecule has 0 aromatic carbocycles. The second kappa shape index (κ2) is 7.00. The SMILES string of the molecule is C#Cc1c(C(N)=O)ncn1[C@@H]1O[C@H](COCP(=O)(O)O)[C@H](O)C1O. The molecule has 132 valence electrons. The van der Waals surface area contributed by atoms with Gasteiger partial charge in [-0.05, 0) is 5.92 Å². The van der Waals surface area contributed by atoms with Gasteiger partial charge in [-0.2, -0.15) is 0 Å². The van der Waals surface area contributed by atoms with Crippen molar-refractivity contribution >= 4 is 13.5 Å². The molecule has 0 saturated carbocycles. The molecule has 1 aromatic rings. The van der Waals surface area contributed by atoms with Crippen LogP contribution >= 0.6 is 7.60 Å². The average molecular weight is 361 g/mol. The fourth-order valence-corrected chi connectivity index (χ4v) is 2.60. The Kier molecular flexibility index (Phi) is 5.42. The fourth-order valence-electron chi connectivity index (χ4n) is 2.26. The lowest BCUT2D eigenvalue weighted by molar-refractivity contribution is -0.0629. The van der Waals surface area contributed by atoms with Crippen molar-refractivity contribution in [1.82, 2.24) is 9.55 Å². The lowest BCUT2D eigenvalue weighted by atomic mass is 10.1. The third-order valence-corrected chi connectivity index (χ3v) is 3.84. The molecule has 1 aliphatic rings. The van der Waals surface area contributed by atoms with Gasteiger partial charge in [-0.25, -0.2) is 4.98 Å². The molecule has 1 unspecified atom stereocenters. The summed E-state index contributed by atoms with van der Waals surface area (Å²) >= 11 is 0. The van der Waals surface area contributed by atoms with E-state index in [4.69, 9.17) is 31.4 Å². The molecule has 2 heterocycles. The molecule has 1 fully saturated rings. The van der Waals surface area contributed by atoms with Gasteiger partial charge in [-0.15, -0.1) is 6.42 Å². The number of terminal acetylenes is 1. The molecule has 4 atom stereocenters. The van der Waals surface area contributed by atoms with Crippen LogP contribution in [-0.2, 0) is 14.0 Å². The first kappa shape index (κ1) is 18.6. The van der Waals surface area contributed by atoms with Crippen LogP contribution in [0.3, 0.4) is 0 Å². The first-order valence-corrected chi connectivity index (χ1v) is 8.42. The molecule has 24 heavy (non-hydrogen) atoms. The van der Waals surface area contributed by atoms with E-state index in [1.807, 2.05) is 0 Å². The number of primary amides is 1. The number of rotatable bonds is 6. The maximum atomic E-state index is 11.3. The van der Waals surface area contributed by atoms with E-state index in [1.54, 1.807) is 0 Å². The van der Waals surface area contributed by atoms with Crippen molar-refractivity contribution in [2.24, 2.45) is 5.73 Å². The van der Waals surface area contributed by atoms with Gasteiger partial charge in [-0.3, -0.25) is 13.9 Å². The number of aliphatic hydroxyl groups excluding tert-OH is 2. The normalized spacial score (nSPS) is 27.1. The molecule has 1 aromatic heterocycles. The van der Waals surface area contributed by atoms with E-state index in [-0.39, 0.29) is 18.0 Å². The maximum absolute atomic E-state index is 11.3. The topological polar surface area (TPSA) is 177 Å². The van der Waals surface area contributed by atoms with Crippen molar-refractivity contribution in [3.63, 3.8) is 0 Å². The number of carbonyl (C=O) groups is 1. The minimum absolute atomic E-state index is 0.0319. The predicted octanol–water partition coefficient (Wildman–Crippen LogP) is -2.27. The number of nitrogens with zero attached hydrogens (tertiary/aromatic N) is 2. The van der Waals surface area contributed by atoms with Gasteiger partial charge in [0, 0.05) is 0 Å². The van der Waals surface area contributed by atoms with Crippen LogP contribution in [0.1, 0.15) is 22.4 Å². The molecule has 0 bridgehead atoms. The summed E-state index contributed by atoms with van der Waals surface area (Å²) in [5.41, 5.74) is 4.92. The zero-order chi connectivity index (χ0) is 18.1. The quantitative estimate of drug-likeness (QED) is 0.276. The summed E-state index contributed by atoms with van der Waals surface area (Å²) in [5.74, 6) is 1.34. The third-order valence-electron chi connectivity index (χ3n) is 3.32. The van der Waals surface area contributed by atoms with Gasteiger partial charge in [0.25, 0.3) is 5.91 Å². The Morgan fingerprint density at radius 2 is 2.17 bits per heavy atom. The Bertz CT molecular complexity index is 708. The largest absolute Gasteiger partial charge is 0.387 e. The minimum Gasteiger partial charge on any atom is -0.387 e. The zero-order valence-electron chi connectivity index (χ0n) is 12.2. The zero-order valence-corrected chi connectivity index (χ0v) is 13.1. The van der Waals surface area contributed by atoms with E-state index >= 15 is 0 Å². The number of aliphatic hydroxyl groups is 2. The monoisotopic (exact) mass is 361 g/mol. The van der Waals surface area contributed by atoms with Crippen LogP contribution in [-0.4, -0.2) is 66.7 Å². The highest BCUT2D eigenvalue weighted by atomic mass is 31.2. The van der Waals surface area contributed by atoms with E-state index in [2.05, 4.69) is 10.9 Å². The lowest BCUT2D eigenvalue weighted by Gasteiger charge is -2.17. The summed E-state index contributed by atoms with van der Waals surface area (Å²) in [6, 6.07) is 0. The fraction of sp³-hybridized carbons (Fsp3) is 0.500. The van der Waals surface area contributed by atoms with Crippen LogP contribution in [0.5, 0.6) is 0 Å². The third kappa shape index (κ3) is 3.82.